The average Bonchev–Trinajstić information content (AvgIpc) is 3.04. The molecule has 0 aliphatic rings. The number of carbonyl (C=O) groups excluding carboxylic acids is 2. The summed E-state index contributed by atoms with van der Waals surface area (Å²) in [6, 6.07) is 4.02. The molecule has 0 unspecified atom stereocenters. The Morgan fingerprint density at radius 2 is 1.81 bits per heavy atom. The number of fused-ring (bicyclic) bond motifs is 1. The van der Waals surface area contributed by atoms with Gasteiger partial charge in [-0.15, -0.1) is 0 Å². The van der Waals surface area contributed by atoms with Crippen molar-refractivity contribution in [3.63, 3.8) is 0 Å². The molecule has 0 saturated carbocycles. The van der Waals surface area contributed by atoms with E-state index < -0.39 is 23.6 Å². The zero-order valence-corrected chi connectivity index (χ0v) is 13.2. The number of nitrogens with one attached hydrogen (secondary N) is 1. The van der Waals surface area contributed by atoms with Gasteiger partial charge in [0.2, 0.25) is 0 Å². The van der Waals surface area contributed by atoms with Gasteiger partial charge in [-0.05, 0) is 24.3 Å². The lowest BCUT2D eigenvalue weighted by molar-refractivity contribution is -0.137. The van der Waals surface area contributed by atoms with Crippen LogP contribution in [0.15, 0.2) is 42.9 Å². The average molecular weight is 364 g/mol. The van der Waals surface area contributed by atoms with Crippen LogP contribution in [0.25, 0.3) is 5.65 Å². The van der Waals surface area contributed by atoms with E-state index in [0.717, 1.165) is 24.3 Å². The Labute approximate surface area is 144 Å². The molecule has 1 aromatic carbocycles. The van der Waals surface area contributed by atoms with E-state index in [0.29, 0.717) is 5.65 Å². The maximum atomic E-state index is 12.6. The van der Waals surface area contributed by atoms with Crippen LogP contribution in [0.2, 0.25) is 0 Å². The second-order valence-electron chi connectivity index (χ2n) is 5.16. The highest BCUT2D eigenvalue weighted by atomic mass is 19.4. The van der Waals surface area contributed by atoms with Gasteiger partial charge in [-0.2, -0.15) is 13.2 Å². The van der Waals surface area contributed by atoms with Crippen LogP contribution >= 0.6 is 0 Å². The first-order chi connectivity index (χ1) is 12.3. The fourth-order valence-electron chi connectivity index (χ4n) is 2.20. The second kappa shape index (κ2) is 6.47. The number of anilines is 1. The predicted octanol–water partition coefficient (Wildman–Crippen LogP) is 2.79. The van der Waals surface area contributed by atoms with Gasteiger partial charge in [-0.1, -0.05) is 0 Å². The molecule has 3 aromatic rings. The molecule has 1 amide bonds. The minimum atomic E-state index is -4.46. The standard InChI is InChI=1S/C16H11F3N4O3/c1-26-15(25)11-8-23-12(6-21-13(23)7-20-11)14(24)22-10-4-2-9(3-5-10)16(17,18)19/h2-8H,1H3,(H,22,24). The Bertz CT molecular complexity index is 981. The summed E-state index contributed by atoms with van der Waals surface area (Å²) < 4.78 is 43.6. The first-order valence-corrected chi connectivity index (χ1v) is 7.19. The molecule has 26 heavy (non-hydrogen) atoms. The van der Waals surface area contributed by atoms with Crippen molar-refractivity contribution in [1.29, 1.82) is 0 Å². The number of carbonyl (C=O) groups is 2. The number of methoxy groups -OCH3 is 1. The minimum absolute atomic E-state index is 0.0263. The number of halogens is 3. The van der Waals surface area contributed by atoms with Crippen LogP contribution < -0.4 is 5.32 Å². The van der Waals surface area contributed by atoms with Crippen LogP contribution in [0, 0.1) is 0 Å². The summed E-state index contributed by atoms with van der Waals surface area (Å²) in [5, 5.41) is 2.47. The van der Waals surface area contributed by atoms with Gasteiger partial charge in [0.15, 0.2) is 11.3 Å². The van der Waals surface area contributed by atoms with E-state index >= 15 is 0 Å². The fraction of sp³-hybridized carbons (Fsp3) is 0.125. The maximum Gasteiger partial charge on any atom is 0.416 e. The minimum Gasteiger partial charge on any atom is -0.464 e. The van der Waals surface area contributed by atoms with Crippen LogP contribution in [0.5, 0.6) is 0 Å². The van der Waals surface area contributed by atoms with Gasteiger partial charge in [0.25, 0.3) is 5.91 Å². The molecule has 0 radical (unpaired) electrons. The van der Waals surface area contributed by atoms with Crippen LogP contribution in [-0.2, 0) is 10.9 Å². The number of esters is 1. The molecule has 0 spiro atoms. The van der Waals surface area contributed by atoms with E-state index in [-0.39, 0.29) is 17.1 Å². The SMILES string of the molecule is COC(=O)c1cn2c(C(=O)Nc3ccc(C(F)(F)F)cc3)cnc2cn1. The van der Waals surface area contributed by atoms with Crippen LogP contribution in [0.3, 0.4) is 0 Å². The largest absolute Gasteiger partial charge is 0.464 e. The Morgan fingerprint density at radius 3 is 2.42 bits per heavy atom. The van der Waals surface area contributed by atoms with Crippen molar-refractivity contribution >= 4 is 23.2 Å². The van der Waals surface area contributed by atoms with E-state index in [2.05, 4.69) is 20.0 Å². The van der Waals surface area contributed by atoms with Crippen molar-refractivity contribution in [2.45, 2.75) is 6.18 Å². The van der Waals surface area contributed by atoms with Crippen molar-refractivity contribution in [2.75, 3.05) is 12.4 Å². The Kier molecular flexibility index (Phi) is 4.33. The van der Waals surface area contributed by atoms with Crippen molar-refractivity contribution in [2.24, 2.45) is 0 Å². The monoisotopic (exact) mass is 364 g/mol. The number of alkyl halides is 3. The molecule has 134 valence electrons. The quantitative estimate of drug-likeness (QED) is 0.723. The second-order valence-corrected chi connectivity index (χ2v) is 5.16. The zero-order valence-electron chi connectivity index (χ0n) is 13.2. The number of amides is 1. The van der Waals surface area contributed by atoms with E-state index in [1.807, 2.05) is 0 Å². The molecule has 2 aromatic heterocycles. The normalized spacial score (nSPS) is 11.4. The summed E-state index contributed by atoms with van der Waals surface area (Å²) >= 11 is 0. The Hall–Kier alpha value is -3.43. The van der Waals surface area contributed by atoms with Gasteiger partial charge < -0.3 is 10.1 Å². The number of imidazole rings is 1. The highest BCUT2D eigenvalue weighted by Gasteiger charge is 2.30. The lowest BCUT2D eigenvalue weighted by Crippen LogP contribution is -2.15. The van der Waals surface area contributed by atoms with E-state index in [9.17, 15) is 22.8 Å². The van der Waals surface area contributed by atoms with E-state index in [4.69, 9.17) is 0 Å². The van der Waals surface area contributed by atoms with Crippen molar-refractivity contribution in [3.05, 3.63) is 59.8 Å². The molecule has 1 N–H and O–H groups in total. The topological polar surface area (TPSA) is 85.6 Å². The molecular formula is C16H11F3N4O3. The van der Waals surface area contributed by atoms with Gasteiger partial charge in [0.1, 0.15) is 5.69 Å². The molecule has 10 heteroatoms. The molecule has 7 nitrogen and oxygen atoms in total. The lowest BCUT2D eigenvalue weighted by atomic mass is 10.2. The molecule has 0 bridgehead atoms. The van der Waals surface area contributed by atoms with E-state index in [1.165, 1.54) is 30.1 Å². The molecule has 0 atom stereocenters. The van der Waals surface area contributed by atoms with Gasteiger partial charge in [-0.25, -0.2) is 14.8 Å². The summed E-state index contributed by atoms with van der Waals surface area (Å²) in [6.07, 6.45) is -0.615. The highest BCUT2D eigenvalue weighted by molar-refractivity contribution is 6.03. The van der Waals surface area contributed by atoms with Crippen LogP contribution in [-0.4, -0.2) is 33.4 Å². The number of hydrogen-bond donors (Lipinski definition) is 1. The van der Waals surface area contributed by atoms with Crippen molar-refractivity contribution in [1.82, 2.24) is 14.4 Å². The zero-order chi connectivity index (χ0) is 18.9. The molecule has 0 aliphatic heterocycles. The van der Waals surface area contributed by atoms with E-state index in [1.54, 1.807) is 0 Å². The molecule has 2 heterocycles. The smallest absolute Gasteiger partial charge is 0.416 e. The van der Waals surface area contributed by atoms with Crippen molar-refractivity contribution in [3.8, 4) is 0 Å². The third-order valence-electron chi connectivity index (χ3n) is 3.49. The molecular weight excluding hydrogens is 353 g/mol. The van der Waals surface area contributed by atoms with Crippen molar-refractivity contribution < 1.29 is 27.5 Å². The number of nitrogens with zero attached hydrogens (tertiary/aromatic N) is 3. The number of ether oxygens (including phenoxy) is 1. The molecule has 0 saturated heterocycles. The van der Waals surface area contributed by atoms with Crippen LogP contribution in [0.4, 0.5) is 18.9 Å². The number of benzene rings is 1. The van der Waals surface area contributed by atoms with Gasteiger partial charge in [-0.3, -0.25) is 9.20 Å². The lowest BCUT2D eigenvalue weighted by Gasteiger charge is -2.09. The summed E-state index contributed by atoms with van der Waals surface area (Å²) in [6.45, 7) is 0. The number of hydrogen-bond acceptors (Lipinski definition) is 5. The first kappa shape index (κ1) is 17.4. The van der Waals surface area contributed by atoms with Crippen LogP contribution in [0.1, 0.15) is 26.5 Å². The summed E-state index contributed by atoms with van der Waals surface area (Å²) in [7, 11) is 1.19. The summed E-state index contributed by atoms with van der Waals surface area (Å²) in [5.41, 5.74) is -0.274. The Balaban J connectivity index is 1.87. The third-order valence-corrected chi connectivity index (χ3v) is 3.49. The predicted molar refractivity (Wildman–Crippen MR) is 83.7 cm³/mol. The molecule has 0 aliphatic carbocycles. The van der Waals surface area contributed by atoms with Gasteiger partial charge in [0.05, 0.1) is 25.1 Å². The highest BCUT2D eigenvalue weighted by Crippen LogP contribution is 2.29. The number of aromatic nitrogens is 3. The third kappa shape index (κ3) is 3.34. The summed E-state index contributed by atoms with van der Waals surface area (Å²) in [4.78, 5) is 31.8. The summed E-state index contributed by atoms with van der Waals surface area (Å²) in [5.74, 6) is -1.30. The maximum absolute atomic E-state index is 12.6. The van der Waals surface area contributed by atoms with Gasteiger partial charge in [0, 0.05) is 11.9 Å². The molecule has 3 rings (SSSR count). The number of rotatable bonds is 3. The Morgan fingerprint density at radius 1 is 1.12 bits per heavy atom. The molecule has 0 fully saturated rings. The van der Waals surface area contributed by atoms with Gasteiger partial charge >= 0.3 is 12.1 Å². The fourth-order valence-corrected chi connectivity index (χ4v) is 2.20. The first-order valence-electron chi connectivity index (χ1n) is 7.19.